The molecule has 0 radical (unpaired) electrons. The summed E-state index contributed by atoms with van der Waals surface area (Å²) in [5.41, 5.74) is -0.173. The Labute approximate surface area is 121 Å². The highest BCUT2D eigenvalue weighted by molar-refractivity contribution is 7.93. The molecule has 0 heterocycles. The lowest BCUT2D eigenvalue weighted by atomic mass is 10.2. The number of non-ortho nitro benzene ring substituents is 1. The number of nitro benzene ring substituents is 1. The first-order chi connectivity index (χ1) is 9.90. The molecule has 0 aliphatic carbocycles. The Morgan fingerprint density at radius 1 is 1.14 bits per heavy atom. The standard InChI is InChI=1S/C14H12N2O4S/c1-21(20,13-8-3-2-4-9-13)15-14(17)11-6-5-7-12(10-11)16(18)19/h2-10H,1H3. The first kappa shape index (κ1) is 14.9. The molecule has 1 amide bonds. The third-order valence-electron chi connectivity index (χ3n) is 2.74. The van der Waals surface area contributed by atoms with E-state index in [0.717, 1.165) is 6.07 Å². The molecule has 2 rings (SSSR count). The van der Waals surface area contributed by atoms with Crippen LogP contribution in [0.4, 0.5) is 5.69 Å². The number of nitro groups is 1. The van der Waals surface area contributed by atoms with Crippen molar-refractivity contribution in [3.8, 4) is 0 Å². The maximum atomic E-state index is 12.5. The van der Waals surface area contributed by atoms with Gasteiger partial charge in [0.1, 0.15) is 0 Å². The van der Waals surface area contributed by atoms with Gasteiger partial charge in [0.15, 0.2) is 0 Å². The average molecular weight is 304 g/mol. The Morgan fingerprint density at radius 3 is 2.43 bits per heavy atom. The number of amides is 1. The molecule has 21 heavy (non-hydrogen) atoms. The van der Waals surface area contributed by atoms with Crippen LogP contribution in [0.1, 0.15) is 10.4 Å². The summed E-state index contributed by atoms with van der Waals surface area (Å²) >= 11 is 0. The first-order valence-electron chi connectivity index (χ1n) is 5.96. The van der Waals surface area contributed by atoms with Crippen LogP contribution >= 0.6 is 0 Å². The largest absolute Gasteiger partial charge is 0.285 e. The molecular formula is C14H12N2O4S. The highest BCUT2D eigenvalue weighted by Gasteiger charge is 2.14. The second-order valence-corrected chi connectivity index (χ2v) is 6.58. The van der Waals surface area contributed by atoms with E-state index in [1.165, 1.54) is 24.5 Å². The predicted octanol–water partition coefficient (Wildman–Crippen LogP) is 2.89. The molecule has 6 nitrogen and oxygen atoms in total. The average Bonchev–Trinajstić information content (AvgIpc) is 2.48. The van der Waals surface area contributed by atoms with Gasteiger partial charge < -0.3 is 0 Å². The molecule has 1 atom stereocenters. The second kappa shape index (κ2) is 5.84. The SMILES string of the molecule is CS(=O)(=NC(=O)c1cccc([N+](=O)[O-])c1)c1ccccc1. The molecule has 0 aliphatic heterocycles. The van der Waals surface area contributed by atoms with Gasteiger partial charge in [-0.1, -0.05) is 24.3 Å². The number of rotatable bonds is 3. The number of carbonyl (C=O) groups is 1. The lowest BCUT2D eigenvalue weighted by Crippen LogP contribution is -2.04. The summed E-state index contributed by atoms with van der Waals surface area (Å²) in [5.74, 6) is -0.741. The topological polar surface area (TPSA) is 89.6 Å². The summed E-state index contributed by atoms with van der Waals surface area (Å²) in [6.07, 6.45) is 1.36. The number of benzene rings is 2. The Bertz CT molecular complexity index is 809. The van der Waals surface area contributed by atoms with Crippen molar-refractivity contribution in [2.45, 2.75) is 4.90 Å². The Balaban J connectivity index is 2.41. The van der Waals surface area contributed by atoms with Gasteiger partial charge in [0, 0.05) is 28.8 Å². The Hall–Kier alpha value is -2.54. The Morgan fingerprint density at radius 2 is 1.81 bits per heavy atom. The summed E-state index contributed by atoms with van der Waals surface area (Å²) in [6, 6.07) is 13.6. The fourth-order valence-electron chi connectivity index (χ4n) is 1.69. The molecule has 0 aliphatic rings. The third kappa shape index (κ3) is 3.51. The van der Waals surface area contributed by atoms with Crippen LogP contribution < -0.4 is 0 Å². The van der Waals surface area contributed by atoms with Crippen LogP contribution in [0, 0.1) is 10.1 Å². The van der Waals surface area contributed by atoms with E-state index >= 15 is 0 Å². The van der Waals surface area contributed by atoms with Gasteiger partial charge in [-0.05, 0) is 18.2 Å². The number of hydrogen-bond acceptors (Lipinski definition) is 4. The first-order valence-corrected chi connectivity index (χ1v) is 7.88. The minimum atomic E-state index is -2.89. The van der Waals surface area contributed by atoms with E-state index in [9.17, 15) is 19.1 Å². The van der Waals surface area contributed by atoms with Crippen molar-refractivity contribution >= 4 is 21.3 Å². The van der Waals surface area contributed by atoms with Crippen molar-refractivity contribution in [3.05, 3.63) is 70.3 Å². The smallest absolute Gasteiger partial charge is 0.266 e. The van der Waals surface area contributed by atoms with Gasteiger partial charge in [0.05, 0.1) is 14.7 Å². The zero-order chi connectivity index (χ0) is 15.5. The van der Waals surface area contributed by atoms with Crippen molar-refractivity contribution in [2.75, 3.05) is 6.26 Å². The van der Waals surface area contributed by atoms with Gasteiger partial charge in [0.25, 0.3) is 11.6 Å². The lowest BCUT2D eigenvalue weighted by Gasteiger charge is -2.03. The quantitative estimate of drug-likeness (QED) is 0.644. The van der Waals surface area contributed by atoms with Crippen LogP contribution in [0.25, 0.3) is 0 Å². The third-order valence-corrected chi connectivity index (χ3v) is 4.40. The maximum absolute atomic E-state index is 12.5. The molecule has 0 N–H and O–H groups in total. The molecule has 108 valence electrons. The van der Waals surface area contributed by atoms with Gasteiger partial charge in [-0.3, -0.25) is 14.9 Å². The normalized spacial score (nSPS) is 13.2. The molecule has 7 heteroatoms. The molecule has 0 saturated heterocycles. The molecule has 0 bridgehead atoms. The summed E-state index contributed by atoms with van der Waals surface area (Å²) in [5, 5.41) is 10.7. The van der Waals surface area contributed by atoms with E-state index < -0.39 is 20.6 Å². The van der Waals surface area contributed by atoms with Crippen molar-refractivity contribution in [3.63, 3.8) is 0 Å². The summed E-state index contributed by atoms with van der Waals surface area (Å²) in [4.78, 5) is 22.6. The summed E-state index contributed by atoms with van der Waals surface area (Å²) < 4.78 is 16.2. The fraction of sp³-hybridized carbons (Fsp3) is 0.0714. The van der Waals surface area contributed by atoms with E-state index in [4.69, 9.17) is 0 Å². The van der Waals surface area contributed by atoms with E-state index in [0.29, 0.717) is 4.90 Å². The molecule has 1 unspecified atom stereocenters. The highest BCUT2D eigenvalue weighted by Crippen LogP contribution is 2.16. The predicted molar refractivity (Wildman–Crippen MR) is 78.6 cm³/mol. The second-order valence-electron chi connectivity index (χ2n) is 4.32. The monoisotopic (exact) mass is 304 g/mol. The number of nitrogens with zero attached hydrogens (tertiary/aromatic N) is 2. The summed E-state index contributed by atoms with van der Waals surface area (Å²) in [7, 11) is -2.89. The summed E-state index contributed by atoms with van der Waals surface area (Å²) in [6.45, 7) is 0. The van der Waals surface area contributed by atoms with Crippen LogP contribution in [0.2, 0.25) is 0 Å². The van der Waals surface area contributed by atoms with Gasteiger partial charge >= 0.3 is 0 Å². The van der Waals surface area contributed by atoms with Gasteiger partial charge in [-0.15, -0.1) is 0 Å². The van der Waals surface area contributed by atoms with Crippen molar-refractivity contribution in [1.29, 1.82) is 0 Å². The van der Waals surface area contributed by atoms with E-state index in [1.54, 1.807) is 30.3 Å². The molecular weight excluding hydrogens is 292 g/mol. The molecule has 0 fully saturated rings. The van der Waals surface area contributed by atoms with Crippen LogP contribution in [0.5, 0.6) is 0 Å². The minimum Gasteiger partial charge on any atom is -0.266 e. The highest BCUT2D eigenvalue weighted by atomic mass is 32.2. The zero-order valence-corrected chi connectivity index (χ0v) is 11.9. The maximum Gasteiger partial charge on any atom is 0.285 e. The van der Waals surface area contributed by atoms with Gasteiger partial charge in [0.2, 0.25) is 0 Å². The van der Waals surface area contributed by atoms with Crippen molar-refractivity contribution in [2.24, 2.45) is 4.36 Å². The van der Waals surface area contributed by atoms with Crippen LogP contribution in [0.15, 0.2) is 63.9 Å². The Kier molecular flexibility index (Phi) is 4.13. The fourth-order valence-corrected chi connectivity index (χ4v) is 2.88. The molecule has 0 spiro atoms. The van der Waals surface area contributed by atoms with E-state index in [2.05, 4.69) is 4.36 Å². The van der Waals surface area contributed by atoms with E-state index in [-0.39, 0.29) is 11.3 Å². The minimum absolute atomic E-state index is 0.0368. The van der Waals surface area contributed by atoms with E-state index in [1.807, 2.05) is 0 Å². The van der Waals surface area contributed by atoms with Gasteiger partial charge in [-0.2, -0.15) is 4.36 Å². The zero-order valence-electron chi connectivity index (χ0n) is 11.1. The van der Waals surface area contributed by atoms with Crippen LogP contribution in [-0.2, 0) is 9.73 Å². The lowest BCUT2D eigenvalue weighted by molar-refractivity contribution is -0.384. The van der Waals surface area contributed by atoms with Crippen LogP contribution in [0.3, 0.4) is 0 Å². The van der Waals surface area contributed by atoms with Gasteiger partial charge in [-0.25, -0.2) is 4.21 Å². The molecule has 0 aromatic heterocycles. The molecule has 0 saturated carbocycles. The molecule has 2 aromatic rings. The number of carbonyl (C=O) groups excluding carboxylic acids is 1. The number of hydrogen-bond donors (Lipinski definition) is 0. The molecule has 2 aromatic carbocycles. The van der Waals surface area contributed by atoms with Crippen LogP contribution in [-0.4, -0.2) is 21.3 Å². The van der Waals surface area contributed by atoms with Crippen molar-refractivity contribution in [1.82, 2.24) is 0 Å². The van der Waals surface area contributed by atoms with Crippen molar-refractivity contribution < 1.29 is 13.9 Å².